The van der Waals surface area contributed by atoms with Gasteiger partial charge in [0, 0.05) is 28.7 Å². The van der Waals surface area contributed by atoms with E-state index in [4.69, 9.17) is 4.74 Å². The number of carbonyl (C=O) groups excluding carboxylic acids is 1. The number of thiazole rings is 1. The predicted octanol–water partition coefficient (Wildman–Crippen LogP) is 4.34. The molecule has 0 aliphatic rings. The maximum Gasteiger partial charge on any atom is 0.312 e. The first-order valence-electron chi connectivity index (χ1n) is 7.99. The number of esters is 1. The van der Waals surface area contributed by atoms with Gasteiger partial charge in [-0.1, -0.05) is 12.1 Å². The number of nitrogens with zero attached hydrogens (tertiary/aromatic N) is 3. The highest BCUT2D eigenvalue weighted by molar-refractivity contribution is 7.14. The lowest BCUT2D eigenvalue weighted by Crippen LogP contribution is -2.08. The SMILES string of the molecule is O=C(Cc1csc(-c2ccsc2)n1)OCc1ccc(-n2cccn2)cc1. The summed E-state index contributed by atoms with van der Waals surface area (Å²) in [5.74, 6) is -0.275. The van der Waals surface area contributed by atoms with Gasteiger partial charge < -0.3 is 4.74 Å². The molecule has 0 aliphatic heterocycles. The van der Waals surface area contributed by atoms with E-state index in [0.717, 1.165) is 27.5 Å². The molecule has 3 aromatic heterocycles. The average Bonchev–Trinajstić information content (AvgIpc) is 3.41. The molecule has 3 heterocycles. The van der Waals surface area contributed by atoms with E-state index in [1.54, 1.807) is 33.6 Å². The second-order valence-electron chi connectivity index (χ2n) is 5.61. The molecule has 0 spiro atoms. The molecule has 4 aromatic rings. The summed E-state index contributed by atoms with van der Waals surface area (Å²) in [6.45, 7) is 0.250. The molecule has 0 radical (unpaired) electrons. The molecule has 7 heteroatoms. The fraction of sp³-hybridized carbons (Fsp3) is 0.105. The molecule has 0 saturated heterocycles. The molecule has 4 rings (SSSR count). The third-order valence-electron chi connectivity index (χ3n) is 3.75. The van der Waals surface area contributed by atoms with Gasteiger partial charge in [-0.15, -0.1) is 11.3 Å². The number of hydrogen-bond acceptors (Lipinski definition) is 6. The second kappa shape index (κ2) is 7.63. The molecule has 130 valence electrons. The number of ether oxygens (including phenoxy) is 1. The van der Waals surface area contributed by atoms with Crippen molar-refractivity contribution in [2.24, 2.45) is 0 Å². The highest BCUT2D eigenvalue weighted by Gasteiger charge is 2.10. The van der Waals surface area contributed by atoms with Crippen molar-refractivity contribution in [3.8, 4) is 16.3 Å². The molecule has 1 aromatic carbocycles. The molecule has 0 aliphatic carbocycles. The van der Waals surface area contributed by atoms with Crippen LogP contribution in [0.4, 0.5) is 0 Å². The molecule has 0 N–H and O–H groups in total. The standard InChI is InChI=1S/C19H15N3O2S2/c23-18(10-16-13-26-19(21-16)15-6-9-25-12-15)24-11-14-2-4-17(5-3-14)22-8-1-7-20-22/h1-9,12-13H,10-11H2. The van der Waals surface area contributed by atoms with Gasteiger partial charge in [-0.3, -0.25) is 4.79 Å². The van der Waals surface area contributed by atoms with Crippen molar-refractivity contribution in [2.45, 2.75) is 13.0 Å². The summed E-state index contributed by atoms with van der Waals surface area (Å²) in [5.41, 5.74) is 3.74. The Morgan fingerprint density at radius 1 is 1.15 bits per heavy atom. The first-order valence-corrected chi connectivity index (χ1v) is 9.82. The molecular formula is C19H15N3O2S2. The van der Waals surface area contributed by atoms with Gasteiger partial charge in [-0.05, 0) is 35.2 Å². The number of thiophene rings is 1. The Labute approximate surface area is 158 Å². The summed E-state index contributed by atoms with van der Waals surface area (Å²) in [6, 6.07) is 11.7. The number of aromatic nitrogens is 3. The minimum absolute atomic E-state index is 0.187. The largest absolute Gasteiger partial charge is 0.461 e. The van der Waals surface area contributed by atoms with E-state index in [0.29, 0.717) is 0 Å². The highest BCUT2D eigenvalue weighted by atomic mass is 32.1. The van der Waals surface area contributed by atoms with E-state index in [1.807, 2.05) is 58.7 Å². The lowest BCUT2D eigenvalue weighted by Gasteiger charge is -2.06. The Balaban J connectivity index is 1.31. The molecule has 0 saturated carbocycles. The van der Waals surface area contributed by atoms with Crippen LogP contribution in [0.1, 0.15) is 11.3 Å². The van der Waals surface area contributed by atoms with Crippen LogP contribution in [0.15, 0.2) is 64.9 Å². The first kappa shape index (κ1) is 16.7. The van der Waals surface area contributed by atoms with Gasteiger partial charge in [0.2, 0.25) is 0 Å². The Hall–Kier alpha value is -2.77. The van der Waals surface area contributed by atoms with Crippen molar-refractivity contribution in [1.82, 2.24) is 14.8 Å². The molecule has 0 amide bonds. The zero-order chi connectivity index (χ0) is 17.8. The third-order valence-corrected chi connectivity index (χ3v) is 5.37. The zero-order valence-electron chi connectivity index (χ0n) is 13.7. The summed E-state index contributed by atoms with van der Waals surface area (Å²) in [7, 11) is 0. The highest BCUT2D eigenvalue weighted by Crippen LogP contribution is 2.25. The van der Waals surface area contributed by atoms with E-state index in [1.165, 1.54) is 0 Å². The van der Waals surface area contributed by atoms with Crippen LogP contribution in [0.25, 0.3) is 16.3 Å². The second-order valence-corrected chi connectivity index (χ2v) is 7.25. The average molecular weight is 381 g/mol. The molecule has 0 unspecified atom stereocenters. The van der Waals surface area contributed by atoms with Crippen molar-refractivity contribution in [2.75, 3.05) is 0 Å². The van der Waals surface area contributed by atoms with Crippen LogP contribution >= 0.6 is 22.7 Å². The van der Waals surface area contributed by atoms with Gasteiger partial charge in [0.1, 0.15) is 11.6 Å². The van der Waals surface area contributed by atoms with Gasteiger partial charge in [0.05, 0.1) is 17.8 Å². The van der Waals surface area contributed by atoms with E-state index in [-0.39, 0.29) is 19.0 Å². The monoisotopic (exact) mass is 381 g/mol. The van der Waals surface area contributed by atoms with Crippen molar-refractivity contribution in [3.63, 3.8) is 0 Å². The minimum atomic E-state index is -0.275. The van der Waals surface area contributed by atoms with Crippen LogP contribution in [0.3, 0.4) is 0 Å². The molecule has 26 heavy (non-hydrogen) atoms. The molecule has 0 bridgehead atoms. The number of rotatable bonds is 6. The quantitative estimate of drug-likeness (QED) is 0.466. The molecule has 0 fully saturated rings. The van der Waals surface area contributed by atoms with Crippen LogP contribution < -0.4 is 0 Å². The van der Waals surface area contributed by atoms with Gasteiger partial charge >= 0.3 is 5.97 Å². The van der Waals surface area contributed by atoms with Crippen LogP contribution in [0.5, 0.6) is 0 Å². The normalized spacial score (nSPS) is 10.8. The Morgan fingerprint density at radius 2 is 2.04 bits per heavy atom. The lowest BCUT2D eigenvalue weighted by atomic mass is 10.2. The maximum absolute atomic E-state index is 12.1. The van der Waals surface area contributed by atoms with E-state index in [9.17, 15) is 4.79 Å². The summed E-state index contributed by atoms with van der Waals surface area (Å²) < 4.78 is 7.15. The number of benzene rings is 1. The van der Waals surface area contributed by atoms with Gasteiger partial charge in [-0.25, -0.2) is 9.67 Å². The minimum Gasteiger partial charge on any atom is -0.461 e. The summed E-state index contributed by atoms with van der Waals surface area (Å²) >= 11 is 3.18. The van der Waals surface area contributed by atoms with Crippen molar-refractivity contribution in [3.05, 3.63) is 76.2 Å². The zero-order valence-corrected chi connectivity index (χ0v) is 15.4. The summed E-state index contributed by atoms with van der Waals surface area (Å²) in [6.07, 6.45) is 3.80. The fourth-order valence-electron chi connectivity index (χ4n) is 2.44. The summed E-state index contributed by atoms with van der Waals surface area (Å²) in [5, 5.41) is 11.1. The van der Waals surface area contributed by atoms with Gasteiger partial charge in [-0.2, -0.15) is 16.4 Å². The molecular weight excluding hydrogens is 366 g/mol. The van der Waals surface area contributed by atoms with Crippen molar-refractivity contribution < 1.29 is 9.53 Å². The van der Waals surface area contributed by atoms with Crippen molar-refractivity contribution >= 4 is 28.6 Å². The van der Waals surface area contributed by atoms with Crippen LogP contribution in [-0.4, -0.2) is 20.7 Å². The smallest absolute Gasteiger partial charge is 0.312 e. The fourth-order valence-corrected chi connectivity index (χ4v) is 3.97. The van der Waals surface area contributed by atoms with E-state index >= 15 is 0 Å². The number of hydrogen-bond donors (Lipinski definition) is 0. The van der Waals surface area contributed by atoms with Crippen LogP contribution in [0.2, 0.25) is 0 Å². The topological polar surface area (TPSA) is 57.0 Å². The Kier molecular flexibility index (Phi) is 4.90. The molecule has 0 atom stereocenters. The predicted molar refractivity (Wildman–Crippen MR) is 102 cm³/mol. The Bertz CT molecular complexity index is 974. The Morgan fingerprint density at radius 3 is 2.77 bits per heavy atom. The van der Waals surface area contributed by atoms with Gasteiger partial charge in [0.25, 0.3) is 0 Å². The van der Waals surface area contributed by atoms with Crippen LogP contribution in [0, 0.1) is 0 Å². The number of carbonyl (C=O) groups is 1. The first-order chi connectivity index (χ1) is 12.8. The third kappa shape index (κ3) is 3.89. The molecule has 5 nitrogen and oxygen atoms in total. The van der Waals surface area contributed by atoms with E-state index < -0.39 is 0 Å². The summed E-state index contributed by atoms with van der Waals surface area (Å²) in [4.78, 5) is 16.6. The lowest BCUT2D eigenvalue weighted by molar-refractivity contribution is -0.144. The maximum atomic E-state index is 12.1. The van der Waals surface area contributed by atoms with E-state index in [2.05, 4.69) is 10.1 Å². The van der Waals surface area contributed by atoms with Crippen molar-refractivity contribution in [1.29, 1.82) is 0 Å². The van der Waals surface area contributed by atoms with Gasteiger partial charge in [0.15, 0.2) is 0 Å². The van der Waals surface area contributed by atoms with Crippen LogP contribution in [-0.2, 0) is 22.6 Å².